The zero-order valence-electron chi connectivity index (χ0n) is 12.1. The first-order chi connectivity index (χ1) is 10.5. The number of rotatable bonds is 2. The van der Waals surface area contributed by atoms with Crippen LogP contribution in [0, 0.1) is 13.8 Å². The van der Waals surface area contributed by atoms with E-state index >= 15 is 0 Å². The van der Waals surface area contributed by atoms with Crippen LogP contribution in [0.1, 0.15) is 11.1 Å². The van der Waals surface area contributed by atoms with E-state index in [-0.39, 0.29) is 6.03 Å². The van der Waals surface area contributed by atoms with Gasteiger partial charge < -0.3 is 5.32 Å². The predicted octanol–water partition coefficient (Wildman–Crippen LogP) is 5.32. The highest BCUT2D eigenvalue weighted by atomic mass is 79.9. The largest absolute Gasteiger partial charge is 0.325 e. The van der Waals surface area contributed by atoms with Crippen molar-refractivity contribution in [1.82, 2.24) is 4.98 Å². The zero-order valence-corrected chi connectivity index (χ0v) is 14.5. The number of amides is 2. The maximum absolute atomic E-state index is 12.1. The van der Waals surface area contributed by atoms with Crippen LogP contribution in [0.5, 0.6) is 0 Å². The van der Waals surface area contributed by atoms with Gasteiger partial charge in [-0.15, -0.1) is 0 Å². The second kappa shape index (κ2) is 6.06. The molecule has 0 unspecified atom stereocenters. The Labute approximate surface area is 140 Å². The molecule has 0 saturated heterocycles. The van der Waals surface area contributed by atoms with Crippen molar-refractivity contribution in [2.75, 3.05) is 10.6 Å². The Morgan fingerprint density at radius 2 is 1.91 bits per heavy atom. The molecule has 1 heterocycles. The van der Waals surface area contributed by atoms with Crippen molar-refractivity contribution in [2.45, 2.75) is 13.8 Å². The van der Waals surface area contributed by atoms with E-state index in [1.54, 1.807) is 0 Å². The number of nitrogens with one attached hydrogen (secondary N) is 2. The van der Waals surface area contributed by atoms with Crippen LogP contribution in [0.3, 0.4) is 0 Å². The molecule has 1 aromatic heterocycles. The van der Waals surface area contributed by atoms with Crippen LogP contribution in [0.25, 0.3) is 10.2 Å². The molecule has 0 saturated carbocycles. The van der Waals surface area contributed by atoms with Crippen molar-refractivity contribution in [1.29, 1.82) is 0 Å². The molecule has 0 aliphatic carbocycles. The Bertz CT molecular complexity index is 860. The molecule has 3 aromatic rings. The first kappa shape index (κ1) is 15.0. The van der Waals surface area contributed by atoms with Gasteiger partial charge in [-0.3, -0.25) is 5.32 Å². The second-order valence-electron chi connectivity index (χ2n) is 5.01. The van der Waals surface area contributed by atoms with Gasteiger partial charge in [-0.25, -0.2) is 9.78 Å². The van der Waals surface area contributed by atoms with Crippen LogP contribution in [0.2, 0.25) is 0 Å². The lowest BCUT2D eigenvalue weighted by molar-refractivity contribution is 0.262. The average molecular weight is 376 g/mol. The molecule has 2 N–H and O–H groups in total. The van der Waals surface area contributed by atoms with Gasteiger partial charge in [-0.2, -0.15) is 0 Å². The maximum atomic E-state index is 12.1. The van der Waals surface area contributed by atoms with Crippen LogP contribution in [0.15, 0.2) is 40.9 Å². The van der Waals surface area contributed by atoms with Crippen molar-refractivity contribution >= 4 is 54.3 Å². The van der Waals surface area contributed by atoms with Crippen molar-refractivity contribution in [3.8, 4) is 0 Å². The number of carbonyl (C=O) groups is 1. The monoisotopic (exact) mass is 375 g/mol. The molecule has 3 rings (SSSR count). The van der Waals surface area contributed by atoms with Crippen molar-refractivity contribution in [3.05, 3.63) is 52.0 Å². The van der Waals surface area contributed by atoms with Gasteiger partial charge in [0.1, 0.15) is 0 Å². The first-order valence-corrected chi connectivity index (χ1v) is 8.33. The van der Waals surface area contributed by atoms with E-state index in [1.807, 2.05) is 50.2 Å². The third-order valence-electron chi connectivity index (χ3n) is 3.34. The van der Waals surface area contributed by atoms with Gasteiger partial charge in [0.05, 0.1) is 10.2 Å². The highest BCUT2D eigenvalue weighted by molar-refractivity contribution is 9.10. The molecule has 4 nitrogen and oxygen atoms in total. The maximum Gasteiger partial charge on any atom is 0.325 e. The molecule has 22 heavy (non-hydrogen) atoms. The second-order valence-corrected chi connectivity index (χ2v) is 6.96. The van der Waals surface area contributed by atoms with Gasteiger partial charge in [0.15, 0.2) is 5.13 Å². The summed E-state index contributed by atoms with van der Waals surface area (Å²) in [5.74, 6) is 0. The minimum atomic E-state index is -0.290. The summed E-state index contributed by atoms with van der Waals surface area (Å²) in [6.45, 7) is 4.06. The number of fused-ring (bicyclic) bond motifs is 1. The molecule has 0 spiro atoms. The molecule has 0 fully saturated rings. The zero-order chi connectivity index (χ0) is 15.7. The van der Waals surface area contributed by atoms with Gasteiger partial charge in [-0.1, -0.05) is 33.3 Å². The fourth-order valence-corrected chi connectivity index (χ4v) is 3.44. The van der Waals surface area contributed by atoms with E-state index < -0.39 is 0 Å². The summed E-state index contributed by atoms with van der Waals surface area (Å²) in [6, 6.07) is 11.4. The van der Waals surface area contributed by atoms with Gasteiger partial charge in [-0.05, 0) is 55.3 Å². The number of carbonyl (C=O) groups excluding carboxylic acids is 1. The SMILES string of the molecule is Cc1ccc(NC(=O)Nc2nc3ccc(Br)cc3s2)cc1C. The Kier molecular flexibility index (Phi) is 4.13. The molecule has 0 bridgehead atoms. The van der Waals surface area contributed by atoms with Crippen LogP contribution < -0.4 is 10.6 Å². The van der Waals surface area contributed by atoms with Crippen LogP contribution >= 0.6 is 27.3 Å². The summed E-state index contributed by atoms with van der Waals surface area (Å²) < 4.78 is 2.02. The van der Waals surface area contributed by atoms with Crippen LogP contribution in [0.4, 0.5) is 15.6 Å². The fourth-order valence-electron chi connectivity index (χ4n) is 2.03. The lowest BCUT2D eigenvalue weighted by Crippen LogP contribution is -2.19. The highest BCUT2D eigenvalue weighted by Gasteiger charge is 2.08. The third kappa shape index (κ3) is 3.28. The summed E-state index contributed by atoms with van der Waals surface area (Å²) in [5, 5.41) is 6.18. The van der Waals surface area contributed by atoms with Crippen molar-refractivity contribution in [3.63, 3.8) is 0 Å². The highest BCUT2D eigenvalue weighted by Crippen LogP contribution is 2.28. The number of anilines is 2. The molecular weight excluding hydrogens is 362 g/mol. The standard InChI is InChI=1S/C16H14BrN3OS/c1-9-3-5-12(7-10(9)2)18-15(21)20-16-19-13-6-4-11(17)8-14(13)22-16/h3-8H,1-2H3,(H2,18,19,20,21). The molecule has 0 atom stereocenters. The summed E-state index contributed by atoms with van der Waals surface area (Å²) in [6.07, 6.45) is 0. The molecule has 0 radical (unpaired) electrons. The summed E-state index contributed by atoms with van der Waals surface area (Å²) in [4.78, 5) is 16.4. The summed E-state index contributed by atoms with van der Waals surface area (Å²) in [5.41, 5.74) is 3.98. The number of thiazole rings is 1. The van der Waals surface area contributed by atoms with E-state index in [4.69, 9.17) is 0 Å². The summed E-state index contributed by atoms with van der Waals surface area (Å²) in [7, 11) is 0. The first-order valence-electron chi connectivity index (χ1n) is 6.72. The number of urea groups is 1. The number of halogens is 1. The molecular formula is C16H14BrN3OS. The van der Waals surface area contributed by atoms with Crippen LogP contribution in [-0.2, 0) is 0 Å². The van der Waals surface area contributed by atoms with Gasteiger partial charge in [0.25, 0.3) is 0 Å². The molecule has 2 aromatic carbocycles. The van der Waals surface area contributed by atoms with Gasteiger partial charge >= 0.3 is 6.03 Å². The Morgan fingerprint density at radius 3 is 2.68 bits per heavy atom. The summed E-state index contributed by atoms with van der Waals surface area (Å²) >= 11 is 4.87. The smallest absolute Gasteiger partial charge is 0.308 e. The van der Waals surface area contributed by atoms with E-state index in [1.165, 1.54) is 16.9 Å². The molecule has 112 valence electrons. The number of aryl methyl sites for hydroxylation is 2. The van der Waals surface area contributed by atoms with E-state index in [2.05, 4.69) is 31.5 Å². The molecule has 2 amide bonds. The van der Waals surface area contributed by atoms with Crippen LogP contribution in [-0.4, -0.2) is 11.0 Å². The minimum absolute atomic E-state index is 0.290. The lowest BCUT2D eigenvalue weighted by Gasteiger charge is -2.07. The molecule has 6 heteroatoms. The number of hydrogen-bond donors (Lipinski definition) is 2. The van der Waals surface area contributed by atoms with Crippen molar-refractivity contribution in [2.24, 2.45) is 0 Å². The lowest BCUT2D eigenvalue weighted by atomic mass is 10.1. The normalized spacial score (nSPS) is 10.7. The topological polar surface area (TPSA) is 54.0 Å². The van der Waals surface area contributed by atoms with E-state index in [0.29, 0.717) is 5.13 Å². The number of hydrogen-bond acceptors (Lipinski definition) is 3. The van der Waals surface area contributed by atoms with Crippen molar-refractivity contribution < 1.29 is 4.79 Å². The van der Waals surface area contributed by atoms with Gasteiger partial charge in [0, 0.05) is 10.2 Å². The number of nitrogens with zero attached hydrogens (tertiary/aromatic N) is 1. The quantitative estimate of drug-likeness (QED) is 0.636. The fraction of sp³-hybridized carbons (Fsp3) is 0.125. The Balaban J connectivity index is 1.73. The Morgan fingerprint density at radius 1 is 1.09 bits per heavy atom. The number of benzene rings is 2. The molecule has 0 aliphatic rings. The van der Waals surface area contributed by atoms with Gasteiger partial charge in [0.2, 0.25) is 0 Å². The number of aromatic nitrogens is 1. The average Bonchev–Trinajstić information content (AvgIpc) is 2.84. The van der Waals surface area contributed by atoms with E-state index in [9.17, 15) is 4.79 Å². The molecule has 0 aliphatic heterocycles. The Hall–Kier alpha value is -1.92. The van der Waals surface area contributed by atoms with E-state index in [0.717, 1.165) is 25.9 Å². The third-order valence-corrected chi connectivity index (χ3v) is 4.76. The minimum Gasteiger partial charge on any atom is -0.308 e. The predicted molar refractivity (Wildman–Crippen MR) is 95.9 cm³/mol.